The fourth-order valence-corrected chi connectivity index (χ4v) is 2.30. The van der Waals surface area contributed by atoms with E-state index in [0.717, 1.165) is 16.8 Å². The Kier molecular flexibility index (Phi) is 4.74. The number of nitrogens with two attached hydrogens (primary N) is 1. The van der Waals surface area contributed by atoms with Crippen LogP contribution in [-0.4, -0.2) is 5.96 Å². The lowest BCUT2D eigenvalue weighted by molar-refractivity contribution is 0.624. The molecular formula is C15H15BrFN3. The summed E-state index contributed by atoms with van der Waals surface area (Å²) in [4.78, 5) is 4.20. The van der Waals surface area contributed by atoms with E-state index in [-0.39, 0.29) is 5.82 Å². The minimum Gasteiger partial charge on any atom is -0.370 e. The fourth-order valence-electron chi connectivity index (χ4n) is 1.79. The van der Waals surface area contributed by atoms with Crippen molar-refractivity contribution in [2.45, 2.75) is 13.5 Å². The third-order valence-corrected chi connectivity index (χ3v) is 3.10. The molecule has 0 fully saturated rings. The average molecular weight is 336 g/mol. The maximum absolute atomic E-state index is 13.2. The van der Waals surface area contributed by atoms with Crippen LogP contribution in [-0.2, 0) is 6.54 Å². The van der Waals surface area contributed by atoms with Gasteiger partial charge >= 0.3 is 0 Å². The predicted molar refractivity (Wildman–Crippen MR) is 84.2 cm³/mol. The maximum Gasteiger partial charge on any atom is 0.193 e. The molecule has 0 aliphatic heterocycles. The largest absolute Gasteiger partial charge is 0.370 e. The van der Waals surface area contributed by atoms with Crippen molar-refractivity contribution in [2.24, 2.45) is 10.7 Å². The first-order valence-electron chi connectivity index (χ1n) is 6.11. The van der Waals surface area contributed by atoms with Gasteiger partial charge in [-0.1, -0.05) is 28.1 Å². The lowest BCUT2D eigenvalue weighted by atomic mass is 10.2. The van der Waals surface area contributed by atoms with Crippen molar-refractivity contribution in [1.29, 1.82) is 0 Å². The number of nitrogens with one attached hydrogen (secondary N) is 1. The van der Waals surface area contributed by atoms with Crippen LogP contribution < -0.4 is 11.1 Å². The Labute approximate surface area is 125 Å². The summed E-state index contributed by atoms with van der Waals surface area (Å²) in [7, 11) is 0. The van der Waals surface area contributed by atoms with Gasteiger partial charge in [0.15, 0.2) is 5.96 Å². The quantitative estimate of drug-likeness (QED) is 0.661. The Morgan fingerprint density at radius 1 is 1.30 bits per heavy atom. The molecule has 0 unspecified atom stereocenters. The first-order valence-corrected chi connectivity index (χ1v) is 6.91. The number of halogens is 2. The van der Waals surface area contributed by atoms with Gasteiger partial charge in [-0.05, 0) is 48.4 Å². The standard InChI is InChI=1S/C15H15BrFN3/c1-10-3-2-4-14(5-10)20-15(18)19-9-11-6-12(16)8-13(17)7-11/h2-8H,9H2,1H3,(H3,18,19,20). The second-order valence-electron chi connectivity index (χ2n) is 4.47. The van der Waals surface area contributed by atoms with Crippen molar-refractivity contribution >= 4 is 27.6 Å². The normalized spacial score (nSPS) is 11.4. The second kappa shape index (κ2) is 6.52. The zero-order chi connectivity index (χ0) is 14.5. The SMILES string of the molecule is Cc1cccc(NC(N)=NCc2cc(F)cc(Br)c2)c1. The third kappa shape index (κ3) is 4.35. The molecule has 0 spiro atoms. The molecule has 5 heteroatoms. The van der Waals surface area contributed by atoms with E-state index in [1.807, 2.05) is 37.3 Å². The molecule has 0 heterocycles. The monoisotopic (exact) mass is 335 g/mol. The van der Waals surface area contributed by atoms with Crippen LogP contribution in [0.4, 0.5) is 10.1 Å². The predicted octanol–water partition coefficient (Wildman–Crippen LogP) is 3.82. The van der Waals surface area contributed by atoms with E-state index in [1.54, 1.807) is 0 Å². The van der Waals surface area contributed by atoms with Crippen molar-refractivity contribution in [2.75, 3.05) is 5.32 Å². The molecule has 0 saturated heterocycles. The smallest absolute Gasteiger partial charge is 0.193 e. The van der Waals surface area contributed by atoms with Gasteiger partial charge in [0, 0.05) is 10.2 Å². The van der Waals surface area contributed by atoms with E-state index in [0.29, 0.717) is 17.0 Å². The van der Waals surface area contributed by atoms with Gasteiger partial charge in [0.05, 0.1) is 6.54 Å². The van der Waals surface area contributed by atoms with E-state index < -0.39 is 0 Å². The Morgan fingerprint density at radius 2 is 2.10 bits per heavy atom. The molecule has 0 aliphatic carbocycles. The number of benzene rings is 2. The fraction of sp³-hybridized carbons (Fsp3) is 0.133. The van der Waals surface area contributed by atoms with E-state index >= 15 is 0 Å². The number of hydrogen-bond acceptors (Lipinski definition) is 1. The number of guanidine groups is 1. The van der Waals surface area contributed by atoms with Gasteiger partial charge in [0.2, 0.25) is 0 Å². The van der Waals surface area contributed by atoms with Gasteiger partial charge in [-0.2, -0.15) is 0 Å². The Balaban J connectivity index is 2.03. The summed E-state index contributed by atoms with van der Waals surface area (Å²) in [6, 6.07) is 12.5. The first kappa shape index (κ1) is 14.5. The average Bonchev–Trinajstić information content (AvgIpc) is 2.35. The van der Waals surface area contributed by atoms with Gasteiger partial charge in [0.1, 0.15) is 5.82 Å². The molecular weight excluding hydrogens is 321 g/mol. The summed E-state index contributed by atoms with van der Waals surface area (Å²) in [5.74, 6) is 0.00535. The molecule has 0 amide bonds. The highest BCUT2D eigenvalue weighted by atomic mass is 79.9. The van der Waals surface area contributed by atoms with Crippen LogP contribution >= 0.6 is 15.9 Å². The van der Waals surface area contributed by atoms with E-state index in [1.165, 1.54) is 12.1 Å². The van der Waals surface area contributed by atoms with Crippen LogP contribution in [0.25, 0.3) is 0 Å². The van der Waals surface area contributed by atoms with Crippen LogP contribution in [0.2, 0.25) is 0 Å². The molecule has 20 heavy (non-hydrogen) atoms. The number of nitrogens with zero attached hydrogens (tertiary/aromatic N) is 1. The molecule has 0 atom stereocenters. The highest BCUT2D eigenvalue weighted by molar-refractivity contribution is 9.10. The molecule has 0 aliphatic rings. The molecule has 0 aromatic heterocycles. The lowest BCUT2D eigenvalue weighted by Crippen LogP contribution is -2.22. The highest BCUT2D eigenvalue weighted by Crippen LogP contribution is 2.15. The molecule has 2 aromatic rings. The zero-order valence-corrected chi connectivity index (χ0v) is 12.6. The number of rotatable bonds is 3. The van der Waals surface area contributed by atoms with E-state index in [4.69, 9.17) is 5.73 Å². The van der Waals surface area contributed by atoms with Gasteiger partial charge < -0.3 is 11.1 Å². The van der Waals surface area contributed by atoms with Crippen LogP contribution in [0.15, 0.2) is 51.9 Å². The second-order valence-corrected chi connectivity index (χ2v) is 5.39. The van der Waals surface area contributed by atoms with Crippen molar-refractivity contribution in [1.82, 2.24) is 0 Å². The zero-order valence-electron chi connectivity index (χ0n) is 11.0. The minimum absolute atomic E-state index is 0.296. The lowest BCUT2D eigenvalue weighted by Gasteiger charge is -2.06. The molecule has 0 radical (unpaired) electrons. The maximum atomic E-state index is 13.2. The number of anilines is 1. The number of aryl methyl sites for hydroxylation is 1. The van der Waals surface area contributed by atoms with Gasteiger partial charge in [-0.15, -0.1) is 0 Å². The third-order valence-electron chi connectivity index (χ3n) is 2.64. The molecule has 0 bridgehead atoms. The first-order chi connectivity index (χ1) is 9.52. The molecule has 2 aromatic carbocycles. The number of aliphatic imine (C=N–C) groups is 1. The summed E-state index contributed by atoms with van der Waals surface area (Å²) in [6.45, 7) is 2.32. The molecule has 2 rings (SSSR count). The van der Waals surface area contributed by atoms with Crippen molar-refractivity contribution in [3.8, 4) is 0 Å². The number of hydrogen-bond donors (Lipinski definition) is 2. The summed E-state index contributed by atoms with van der Waals surface area (Å²) < 4.78 is 13.9. The van der Waals surface area contributed by atoms with Gasteiger partial charge in [0.25, 0.3) is 0 Å². The Bertz CT molecular complexity index is 621. The summed E-state index contributed by atoms with van der Waals surface area (Å²) >= 11 is 3.25. The van der Waals surface area contributed by atoms with Crippen LogP contribution in [0.1, 0.15) is 11.1 Å². The topological polar surface area (TPSA) is 50.4 Å². The summed E-state index contributed by atoms with van der Waals surface area (Å²) in [5.41, 5.74) is 8.59. The van der Waals surface area contributed by atoms with E-state index in [2.05, 4.69) is 26.2 Å². The Morgan fingerprint density at radius 3 is 2.80 bits per heavy atom. The van der Waals surface area contributed by atoms with E-state index in [9.17, 15) is 4.39 Å². The van der Waals surface area contributed by atoms with Crippen molar-refractivity contribution in [3.63, 3.8) is 0 Å². The van der Waals surface area contributed by atoms with Crippen LogP contribution in [0.5, 0.6) is 0 Å². The summed E-state index contributed by atoms with van der Waals surface area (Å²) in [5, 5.41) is 3.00. The Hall–Kier alpha value is -1.88. The highest BCUT2D eigenvalue weighted by Gasteiger charge is 2.00. The van der Waals surface area contributed by atoms with Gasteiger partial charge in [-0.3, -0.25) is 0 Å². The minimum atomic E-state index is -0.296. The molecule has 0 saturated carbocycles. The summed E-state index contributed by atoms with van der Waals surface area (Å²) in [6.07, 6.45) is 0. The van der Waals surface area contributed by atoms with Crippen LogP contribution in [0.3, 0.4) is 0 Å². The van der Waals surface area contributed by atoms with Crippen molar-refractivity contribution < 1.29 is 4.39 Å². The van der Waals surface area contributed by atoms with Crippen molar-refractivity contribution in [3.05, 3.63) is 63.9 Å². The molecule has 3 N–H and O–H groups in total. The van der Waals surface area contributed by atoms with Crippen LogP contribution in [0, 0.1) is 12.7 Å². The molecule has 104 valence electrons. The molecule has 3 nitrogen and oxygen atoms in total. The van der Waals surface area contributed by atoms with Gasteiger partial charge in [-0.25, -0.2) is 9.38 Å².